The third kappa shape index (κ3) is 3.32. The Labute approximate surface area is 153 Å². The van der Waals surface area contributed by atoms with Gasteiger partial charge < -0.3 is 10.2 Å². The minimum Gasteiger partial charge on any atom is -0.468 e. The van der Waals surface area contributed by atoms with E-state index in [0.29, 0.717) is 26.9 Å². The van der Waals surface area contributed by atoms with Crippen LogP contribution in [0.5, 0.6) is 0 Å². The Balaban J connectivity index is 2.17. The van der Waals surface area contributed by atoms with Crippen molar-refractivity contribution in [3.63, 3.8) is 0 Å². The molecule has 0 bridgehead atoms. The minimum absolute atomic E-state index is 0.0679. The van der Waals surface area contributed by atoms with Gasteiger partial charge in [-0.2, -0.15) is 10.5 Å². The topological polar surface area (TPSA) is 99.6 Å². The third-order valence-electron chi connectivity index (χ3n) is 3.49. The summed E-state index contributed by atoms with van der Waals surface area (Å²) in [6.45, 7) is 0. The highest BCUT2D eigenvalue weighted by molar-refractivity contribution is 7.98. The summed E-state index contributed by atoms with van der Waals surface area (Å²) in [5, 5.41) is 20.1. The number of rotatable bonds is 4. The second-order valence-electron chi connectivity index (χ2n) is 5.00. The molecule has 0 aliphatic carbocycles. The first-order valence-electron chi connectivity index (χ1n) is 7.19. The van der Waals surface area contributed by atoms with Gasteiger partial charge in [0.1, 0.15) is 34.3 Å². The molecule has 0 amide bonds. The number of nitrogens with two attached hydrogens (primary N) is 1. The van der Waals surface area contributed by atoms with Crippen molar-refractivity contribution in [3.8, 4) is 23.3 Å². The summed E-state index contributed by atoms with van der Waals surface area (Å²) in [6.07, 6.45) is 1.58. The van der Waals surface area contributed by atoms with Crippen LogP contribution in [0, 0.1) is 22.7 Å². The fourth-order valence-corrected chi connectivity index (χ4v) is 3.50. The van der Waals surface area contributed by atoms with Crippen LogP contribution >= 0.6 is 23.4 Å². The van der Waals surface area contributed by atoms with Crippen LogP contribution in [0.15, 0.2) is 52.1 Å². The Hall–Kier alpha value is -2.93. The number of nitriles is 2. The van der Waals surface area contributed by atoms with Gasteiger partial charge in [0.15, 0.2) is 0 Å². The molecule has 3 aromatic rings. The van der Waals surface area contributed by atoms with Crippen LogP contribution in [-0.2, 0) is 5.75 Å². The summed E-state index contributed by atoms with van der Waals surface area (Å²) < 4.78 is 5.30. The van der Waals surface area contributed by atoms with Crippen LogP contribution in [0.3, 0.4) is 0 Å². The molecular formula is C18H11ClN4OS. The molecule has 0 atom stereocenters. The number of thioether (sulfide) groups is 1. The highest BCUT2D eigenvalue weighted by Crippen LogP contribution is 2.39. The van der Waals surface area contributed by atoms with Crippen molar-refractivity contribution >= 4 is 29.2 Å². The van der Waals surface area contributed by atoms with Crippen molar-refractivity contribution in [1.82, 2.24) is 4.98 Å². The first-order valence-corrected chi connectivity index (χ1v) is 8.55. The number of hydrogen-bond donors (Lipinski definition) is 1. The van der Waals surface area contributed by atoms with Gasteiger partial charge in [0.25, 0.3) is 0 Å². The first kappa shape index (κ1) is 16.9. The van der Waals surface area contributed by atoms with E-state index in [1.165, 1.54) is 11.8 Å². The molecule has 0 saturated carbocycles. The van der Waals surface area contributed by atoms with E-state index < -0.39 is 0 Å². The molecule has 0 spiro atoms. The summed E-state index contributed by atoms with van der Waals surface area (Å²) >= 11 is 7.60. The van der Waals surface area contributed by atoms with E-state index in [-0.39, 0.29) is 16.9 Å². The Morgan fingerprint density at radius 1 is 1.12 bits per heavy atom. The number of halogens is 1. The number of benzene rings is 1. The van der Waals surface area contributed by atoms with Gasteiger partial charge in [-0.3, -0.25) is 0 Å². The molecule has 0 aliphatic rings. The lowest BCUT2D eigenvalue weighted by Gasteiger charge is -2.13. The van der Waals surface area contributed by atoms with E-state index in [1.54, 1.807) is 36.6 Å². The van der Waals surface area contributed by atoms with Gasteiger partial charge in [-0.25, -0.2) is 4.98 Å². The molecule has 0 fully saturated rings. The van der Waals surface area contributed by atoms with Crippen LogP contribution in [-0.4, -0.2) is 4.98 Å². The molecular weight excluding hydrogens is 356 g/mol. The first-order chi connectivity index (χ1) is 12.2. The predicted octanol–water partition coefficient (Wildman–Crippen LogP) is 4.61. The largest absolute Gasteiger partial charge is 0.468 e. The Kier molecular flexibility index (Phi) is 4.95. The lowest BCUT2D eigenvalue weighted by Crippen LogP contribution is -2.03. The number of anilines is 1. The highest BCUT2D eigenvalue weighted by atomic mass is 35.5. The summed E-state index contributed by atoms with van der Waals surface area (Å²) in [4.78, 5) is 4.24. The van der Waals surface area contributed by atoms with Gasteiger partial charge in [-0.05, 0) is 18.2 Å². The molecule has 0 unspecified atom stereocenters. The van der Waals surface area contributed by atoms with Gasteiger partial charge in [-0.15, -0.1) is 0 Å². The molecule has 2 N–H and O–H groups in total. The number of aromatic nitrogens is 1. The standard InChI is InChI=1S/C18H11ClN4OS/c19-15-6-2-1-5-12(15)16-13(8-20)17(22)23-18(14(16)9-21)25-10-11-4-3-7-24-11/h1-7H,10H2,(H2,22,23). The van der Waals surface area contributed by atoms with Gasteiger partial charge in [-0.1, -0.05) is 41.6 Å². The lowest BCUT2D eigenvalue weighted by molar-refractivity contribution is 0.530. The number of furan rings is 1. The summed E-state index contributed by atoms with van der Waals surface area (Å²) in [6, 6.07) is 14.8. The molecule has 0 radical (unpaired) electrons. The van der Waals surface area contributed by atoms with E-state index >= 15 is 0 Å². The number of pyridine rings is 1. The summed E-state index contributed by atoms with van der Waals surface area (Å²) in [7, 11) is 0. The van der Waals surface area contributed by atoms with Gasteiger partial charge in [0.2, 0.25) is 0 Å². The van der Waals surface area contributed by atoms with Crippen molar-refractivity contribution in [1.29, 1.82) is 10.5 Å². The molecule has 122 valence electrons. The Morgan fingerprint density at radius 3 is 2.52 bits per heavy atom. The van der Waals surface area contributed by atoms with E-state index in [4.69, 9.17) is 21.8 Å². The monoisotopic (exact) mass is 366 g/mol. The van der Waals surface area contributed by atoms with E-state index in [0.717, 1.165) is 5.76 Å². The molecule has 3 rings (SSSR count). The third-order valence-corrected chi connectivity index (χ3v) is 4.82. The molecule has 7 heteroatoms. The van der Waals surface area contributed by atoms with Gasteiger partial charge in [0.05, 0.1) is 17.6 Å². The van der Waals surface area contributed by atoms with E-state index in [1.807, 2.05) is 12.1 Å². The molecule has 2 aromatic heterocycles. The zero-order valence-electron chi connectivity index (χ0n) is 12.9. The highest BCUT2D eigenvalue weighted by Gasteiger charge is 2.22. The maximum absolute atomic E-state index is 9.70. The zero-order chi connectivity index (χ0) is 17.8. The Bertz CT molecular complexity index is 1000. The fourth-order valence-electron chi connectivity index (χ4n) is 2.37. The smallest absolute Gasteiger partial charge is 0.143 e. The van der Waals surface area contributed by atoms with E-state index in [9.17, 15) is 10.5 Å². The number of nitrogen functional groups attached to an aromatic ring is 1. The average molecular weight is 367 g/mol. The molecule has 25 heavy (non-hydrogen) atoms. The van der Waals surface area contributed by atoms with Crippen molar-refractivity contribution in [2.45, 2.75) is 10.8 Å². The fraction of sp³-hybridized carbons (Fsp3) is 0.0556. The second-order valence-corrected chi connectivity index (χ2v) is 6.37. The van der Waals surface area contributed by atoms with Crippen molar-refractivity contribution in [3.05, 3.63) is 64.6 Å². The Morgan fingerprint density at radius 2 is 1.88 bits per heavy atom. The maximum atomic E-state index is 9.70. The molecule has 1 aromatic carbocycles. The van der Waals surface area contributed by atoms with E-state index in [2.05, 4.69) is 11.1 Å². The van der Waals surface area contributed by atoms with Crippen LogP contribution in [0.2, 0.25) is 5.02 Å². The summed E-state index contributed by atoms with van der Waals surface area (Å²) in [5.41, 5.74) is 7.37. The van der Waals surface area contributed by atoms with Gasteiger partial charge >= 0.3 is 0 Å². The molecule has 5 nitrogen and oxygen atoms in total. The lowest BCUT2D eigenvalue weighted by atomic mass is 9.97. The predicted molar refractivity (Wildman–Crippen MR) is 96.8 cm³/mol. The van der Waals surface area contributed by atoms with Crippen LogP contribution in [0.1, 0.15) is 16.9 Å². The summed E-state index contributed by atoms with van der Waals surface area (Å²) in [5.74, 6) is 1.30. The zero-order valence-corrected chi connectivity index (χ0v) is 14.4. The number of hydrogen-bond acceptors (Lipinski definition) is 6. The molecule has 2 heterocycles. The number of nitrogens with zero attached hydrogens (tertiary/aromatic N) is 3. The van der Waals surface area contributed by atoms with Crippen LogP contribution in [0.4, 0.5) is 5.82 Å². The SMILES string of the molecule is N#Cc1c(N)nc(SCc2ccco2)c(C#N)c1-c1ccccc1Cl. The normalized spacial score (nSPS) is 10.2. The minimum atomic E-state index is 0.0679. The second kappa shape index (κ2) is 7.31. The van der Waals surface area contributed by atoms with Crippen molar-refractivity contribution < 1.29 is 4.42 Å². The quantitative estimate of drug-likeness (QED) is 0.676. The van der Waals surface area contributed by atoms with Crippen molar-refractivity contribution in [2.75, 3.05) is 5.73 Å². The molecule has 0 saturated heterocycles. The van der Waals surface area contributed by atoms with Crippen molar-refractivity contribution in [2.24, 2.45) is 0 Å². The van der Waals surface area contributed by atoms with Crippen LogP contribution in [0.25, 0.3) is 11.1 Å². The van der Waals surface area contributed by atoms with Gasteiger partial charge in [0, 0.05) is 16.1 Å². The molecule has 0 aliphatic heterocycles. The van der Waals surface area contributed by atoms with Crippen LogP contribution < -0.4 is 5.73 Å². The average Bonchev–Trinajstić information content (AvgIpc) is 3.13. The maximum Gasteiger partial charge on any atom is 0.143 e.